The molecule has 1 saturated heterocycles. The van der Waals surface area contributed by atoms with Crippen LogP contribution in [0.1, 0.15) is 18.4 Å². The first-order valence-electron chi connectivity index (χ1n) is 7.65. The van der Waals surface area contributed by atoms with Gasteiger partial charge in [-0.15, -0.1) is 0 Å². The van der Waals surface area contributed by atoms with Crippen molar-refractivity contribution in [3.05, 3.63) is 27.2 Å². The van der Waals surface area contributed by atoms with E-state index >= 15 is 0 Å². The van der Waals surface area contributed by atoms with Crippen LogP contribution < -0.4 is 10.5 Å². The Morgan fingerprint density at radius 1 is 1.52 bits per heavy atom. The molecule has 23 heavy (non-hydrogen) atoms. The van der Waals surface area contributed by atoms with Gasteiger partial charge < -0.3 is 20.5 Å². The minimum atomic E-state index is -0.595. The maximum atomic E-state index is 11.2. The number of nitrogens with two attached hydrogens (primary N) is 1. The predicted octanol–water partition coefficient (Wildman–Crippen LogP) is 2.35. The standard InChI is InChI=1S/C16H22BrClN2O3/c1-10-6-12(18)7-14(17)15(10)23-9-13(21)8-20-4-2-11(3-5-20)16(19)22/h6-7,11,13,21H,2-5,8-9H2,1H3,(H2,19,22)/t13-/m1/s1. The van der Waals surface area contributed by atoms with Gasteiger partial charge in [-0.25, -0.2) is 0 Å². The molecule has 1 amide bonds. The van der Waals surface area contributed by atoms with Crippen molar-refractivity contribution in [1.29, 1.82) is 0 Å². The molecule has 1 aromatic rings. The van der Waals surface area contributed by atoms with E-state index in [0.717, 1.165) is 36.0 Å². The number of carbonyl (C=O) groups is 1. The van der Waals surface area contributed by atoms with Gasteiger partial charge in [0.1, 0.15) is 18.5 Å². The Hall–Kier alpha value is -0.820. The van der Waals surface area contributed by atoms with Crippen LogP contribution in [0.15, 0.2) is 16.6 Å². The molecule has 1 aromatic carbocycles. The number of benzene rings is 1. The Morgan fingerprint density at radius 3 is 2.74 bits per heavy atom. The van der Waals surface area contributed by atoms with Gasteiger partial charge >= 0.3 is 0 Å². The number of nitrogens with zero attached hydrogens (tertiary/aromatic N) is 1. The molecule has 0 spiro atoms. The molecule has 1 aliphatic rings. The fourth-order valence-corrected chi connectivity index (χ4v) is 3.88. The molecule has 1 fully saturated rings. The summed E-state index contributed by atoms with van der Waals surface area (Å²) in [5.74, 6) is 0.435. The van der Waals surface area contributed by atoms with Crippen LogP contribution >= 0.6 is 27.5 Å². The Balaban J connectivity index is 1.80. The minimum Gasteiger partial charge on any atom is -0.489 e. The van der Waals surface area contributed by atoms with Gasteiger partial charge in [0, 0.05) is 17.5 Å². The van der Waals surface area contributed by atoms with Gasteiger partial charge in [-0.05, 0) is 66.5 Å². The number of aliphatic hydroxyl groups excluding tert-OH is 1. The van der Waals surface area contributed by atoms with Gasteiger partial charge in [-0.1, -0.05) is 11.6 Å². The van der Waals surface area contributed by atoms with Crippen molar-refractivity contribution in [2.45, 2.75) is 25.9 Å². The summed E-state index contributed by atoms with van der Waals surface area (Å²) in [5.41, 5.74) is 6.24. The summed E-state index contributed by atoms with van der Waals surface area (Å²) >= 11 is 9.39. The third-order valence-corrected chi connectivity index (χ3v) is 4.88. The van der Waals surface area contributed by atoms with Gasteiger partial charge in [0.2, 0.25) is 5.91 Å². The number of β-amino-alcohol motifs (C(OH)–C–C–N with tert-alkyl or cyclic N) is 1. The first kappa shape index (κ1) is 18.5. The lowest BCUT2D eigenvalue weighted by Crippen LogP contribution is -2.43. The molecule has 5 nitrogen and oxygen atoms in total. The number of aryl methyl sites for hydroxylation is 1. The van der Waals surface area contributed by atoms with E-state index in [1.807, 2.05) is 13.0 Å². The zero-order chi connectivity index (χ0) is 17.0. The lowest BCUT2D eigenvalue weighted by Gasteiger charge is -2.31. The third-order valence-electron chi connectivity index (χ3n) is 4.07. The number of amides is 1. The number of ether oxygens (including phenoxy) is 1. The van der Waals surface area contributed by atoms with Crippen LogP contribution in [0, 0.1) is 12.8 Å². The highest BCUT2D eigenvalue weighted by Crippen LogP contribution is 2.32. The molecule has 1 aliphatic heterocycles. The van der Waals surface area contributed by atoms with E-state index in [1.165, 1.54) is 0 Å². The van der Waals surface area contributed by atoms with E-state index in [4.69, 9.17) is 22.1 Å². The highest BCUT2D eigenvalue weighted by Gasteiger charge is 2.24. The topological polar surface area (TPSA) is 75.8 Å². The monoisotopic (exact) mass is 404 g/mol. The first-order valence-corrected chi connectivity index (χ1v) is 8.82. The Labute approximate surface area is 149 Å². The van der Waals surface area contributed by atoms with E-state index in [1.54, 1.807) is 6.07 Å². The second-order valence-corrected chi connectivity index (χ2v) is 7.27. The van der Waals surface area contributed by atoms with Crippen molar-refractivity contribution in [3.63, 3.8) is 0 Å². The number of carbonyl (C=O) groups excluding carboxylic acids is 1. The van der Waals surface area contributed by atoms with Gasteiger partial charge in [0.05, 0.1) is 4.47 Å². The molecular weight excluding hydrogens is 384 g/mol. The maximum Gasteiger partial charge on any atom is 0.220 e. The number of primary amides is 1. The Bertz CT molecular complexity index is 539. The van der Waals surface area contributed by atoms with Crippen molar-refractivity contribution in [1.82, 2.24) is 4.90 Å². The van der Waals surface area contributed by atoms with Crippen LogP contribution in [0.2, 0.25) is 5.02 Å². The molecule has 1 atom stereocenters. The van der Waals surface area contributed by atoms with E-state index in [9.17, 15) is 9.90 Å². The number of rotatable bonds is 6. The maximum absolute atomic E-state index is 11.2. The SMILES string of the molecule is Cc1cc(Cl)cc(Br)c1OC[C@H](O)CN1CCC(C(N)=O)CC1. The summed E-state index contributed by atoms with van der Waals surface area (Å²) in [6.07, 6.45) is 0.914. The fourth-order valence-electron chi connectivity index (χ4n) is 2.80. The van der Waals surface area contributed by atoms with Crippen LogP contribution in [0.5, 0.6) is 5.75 Å². The van der Waals surface area contributed by atoms with Gasteiger partial charge in [0.25, 0.3) is 0 Å². The quantitative estimate of drug-likeness (QED) is 0.762. The highest BCUT2D eigenvalue weighted by molar-refractivity contribution is 9.10. The number of hydrogen-bond acceptors (Lipinski definition) is 4. The first-order chi connectivity index (χ1) is 10.9. The summed E-state index contributed by atoms with van der Waals surface area (Å²) in [6.45, 7) is 4.18. The van der Waals surface area contributed by atoms with Crippen LogP contribution in [-0.4, -0.2) is 48.3 Å². The summed E-state index contributed by atoms with van der Waals surface area (Å²) in [4.78, 5) is 13.3. The van der Waals surface area contributed by atoms with E-state index in [-0.39, 0.29) is 18.4 Å². The van der Waals surface area contributed by atoms with Crippen LogP contribution in [0.25, 0.3) is 0 Å². The number of likely N-dealkylation sites (tertiary alicyclic amines) is 1. The Morgan fingerprint density at radius 2 is 2.17 bits per heavy atom. The summed E-state index contributed by atoms with van der Waals surface area (Å²) in [5, 5.41) is 10.8. The lowest BCUT2D eigenvalue weighted by molar-refractivity contribution is -0.123. The summed E-state index contributed by atoms with van der Waals surface area (Å²) in [7, 11) is 0. The smallest absolute Gasteiger partial charge is 0.220 e. The zero-order valence-electron chi connectivity index (χ0n) is 13.1. The van der Waals surface area contributed by atoms with E-state index in [0.29, 0.717) is 17.3 Å². The van der Waals surface area contributed by atoms with Gasteiger partial charge in [-0.3, -0.25) is 4.79 Å². The molecule has 3 N–H and O–H groups in total. The summed E-state index contributed by atoms with van der Waals surface area (Å²) in [6, 6.07) is 3.59. The second-order valence-electron chi connectivity index (χ2n) is 5.98. The number of piperidine rings is 1. The van der Waals surface area contributed by atoms with E-state index < -0.39 is 6.10 Å². The van der Waals surface area contributed by atoms with Gasteiger partial charge in [-0.2, -0.15) is 0 Å². The van der Waals surface area contributed by atoms with Crippen molar-refractivity contribution in [3.8, 4) is 5.75 Å². The molecule has 128 valence electrons. The molecule has 1 heterocycles. The van der Waals surface area contributed by atoms with E-state index in [2.05, 4.69) is 20.8 Å². The van der Waals surface area contributed by atoms with Crippen LogP contribution in [-0.2, 0) is 4.79 Å². The van der Waals surface area contributed by atoms with Crippen LogP contribution in [0.3, 0.4) is 0 Å². The average molecular weight is 406 g/mol. The zero-order valence-corrected chi connectivity index (χ0v) is 15.4. The molecule has 0 bridgehead atoms. The molecule has 0 saturated carbocycles. The van der Waals surface area contributed by atoms with Crippen molar-refractivity contribution in [2.24, 2.45) is 11.7 Å². The molecule has 0 radical (unpaired) electrons. The van der Waals surface area contributed by atoms with Crippen molar-refractivity contribution >= 4 is 33.4 Å². The average Bonchev–Trinajstić information content (AvgIpc) is 2.46. The lowest BCUT2D eigenvalue weighted by atomic mass is 9.96. The van der Waals surface area contributed by atoms with Crippen molar-refractivity contribution in [2.75, 3.05) is 26.2 Å². The number of aliphatic hydroxyl groups is 1. The molecule has 0 unspecified atom stereocenters. The third kappa shape index (κ3) is 5.35. The number of halogens is 2. The second kappa shape index (κ2) is 8.33. The molecule has 0 aromatic heterocycles. The molecule has 2 rings (SSSR count). The normalized spacial score (nSPS) is 17.9. The molecule has 0 aliphatic carbocycles. The predicted molar refractivity (Wildman–Crippen MR) is 93.7 cm³/mol. The van der Waals surface area contributed by atoms with Crippen LogP contribution in [0.4, 0.5) is 0 Å². The fraction of sp³-hybridized carbons (Fsp3) is 0.562. The van der Waals surface area contributed by atoms with Crippen molar-refractivity contribution < 1.29 is 14.6 Å². The van der Waals surface area contributed by atoms with Gasteiger partial charge in [0.15, 0.2) is 0 Å². The highest BCUT2D eigenvalue weighted by atomic mass is 79.9. The molecular formula is C16H22BrClN2O3. The molecule has 7 heteroatoms. The number of hydrogen-bond donors (Lipinski definition) is 2. The Kier molecular flexibility index (Phi) is 6.71. The largest absolute Gasteiger partial charge is 0.489 e. The summed E-state index contributed by atoms with van der Waals surface area (Å²) < 4.78 is 6.50. The minimum absolute atomic E-state index is 0.0349.